The Kier molecular flexibility index (Phi) is 7.24. The van der Waals surface area contributed by atoms with E-state index in [9.17, 15) is 0 Å². The van der Waals surface area contributed by atoms with Gasteiger partial charge in [0.15, 0.2) is 5.96 Å². The third kappa shape index (κ3) is 5.26. The molecule has 0 aliphatic carbocycles. The van der Waals surface area contributed by atoms with Gasteiger partial charge in [0.1, 0.15) is 5.75 Å². The summed E-state index contributed by atoms with van der Waals surface area (Å²) in [7, 11) is 7.64. The summed E-state index contributed by atoms with van der Waals surface area (Å²) in [5.74, 6) is 2.83. The summed E-state index contributed by atoms with van der Waals surface area (Å²) < 4.78 is 7.27. The van der Waals surface area contributed by atoms with E-state index in [0.717, 1.165) is 43.6 Å². The zero-order valence-corrected chi connectivity index (χ0v) is 19.2. The number of aliphatic imine (C=N–C) groups is 1. The highest BCUT2D eigenvalue weighted by Crippen LogP contribution is 2.26. The number of aromatic nitrogens is 2. The Hall–Kier alpha value is -2.70. The molecule has 0 spiro atoms. The molecule has 1 atom stereocenters. The first-order valence-corrected chi connectivity index (χ1v) is 10.7. The molecule has 1 fully saturated rings. The molecule has 1 saturated heterocycles. The highest BCUT2D eigenvalue weighted by Gasteiger charge is 2.24. The molecule has 164 valence electrons. The number of nitrogens with zero attached hydrogens (tertiary/aromatic N) is 5. The van der Waals surface area contributed by atoms with Crippen LogP contribution in [0.4, 0.5) is 5.69 Å². The molecule has 1 aromatic heterocycles. The van der Waals surface area contributed by atoms with E-state index in [2.05, 4.69) is 70.5 Å². The highest BCUT2D eigenvalue weighted by atomic mass is 16.5. The molecule has 0 saturated carbocycles. The molecule has 7 nitrogen and oxygen atoms in total. The topological polar surface area (TPSA) is 57.9 Å². The number of nitrogens with one attached hydrogen (secondary N) is 1. The summed E-state index contributed by atoms with van der Waals surface area (Å²) in [6, 6.07) is 8.32. The fraction of sp³-hybridized carbons (Fsp3) is 0.565. The average molecular weight is 413 g/mol. The van der Waals surface area contributed by atoms with Crippen LogP contribution in [-0.4, -0.2) is 61.5 Å². The number of anilines is 1. The maximum absolute atomic E-state index is 5.37. The minimum absolute atomic E-state index is 0.408. The fourth-order valence-corrected chi connectivity index (χ4v) is 4.15. The zero-order valence-electron chi connectivity index (χ0n) is 19.2. The third-order valence-corrected chi connectivity index (χ3v) is 5.72. The average Bonchev–Trinajstić information content (AvgIpc) is 3.35. The lowest BCUT2D eigenvalue weighted by Gasteiger charge is -2.24. The number of methoxy groups -OCH3 is 1. The van der Waals surface area contributed by atoms with Gasteiger partial charge in [-0.15, -0.1) is 0 Å². The standard InChI is InChI=1S/C23H36N6O/c1-17(2)22-19(16-28(5)26-22)15-27(4)23(24-3)25-13-18-10-11-29(14-18)20-8-7-9-21(12-20)30-6/h7-9,12,16-18H,10-11,13-15H2,1-6H3,(H,24,25). The minimum Gasteiger partial charge on any atom is -0.497 e. The van der Waals surface area contributed by atoms with Crippen LogP contribution in [0.2, 0.25) is 0 Å². The van der Waals surface area contributed by atoms with Crippen LogP contribution in [0.1, 0.15) is 37.4 Å². The molecule has 0 amide bonds. The van der Waals surface area contributed by atoms with Gasteiger partial charge in [0.05, 0.1) is 12.8 Å². The lowest BCUT2D eigenvalue weighted by Crippen LogP contribution is -2.41. The van der Waals surface area contributed by atoms with E-state index in [1.807, 2.05) is 24.8 Å². The van der Waals surface area contributed by atoms with Gasteiger partial charge >= 0.3 is 0 Å². The number of hydrogen-bond acceptors (Lipinski definition) is 4. The summed E-state index contributed by atoms with van der Waals surface area (Å²) >= 11 is 0. The monoisotopic (exact) mass is 412 g/mol. The van der Waals surface area contributed by atoms with E-state index in [-0.39, 0.29) is 0 Å². The SMILES string of the molecule is CN=C(NCC1CCN(c2cccc(OC)c2)C1)N(C)Cc1cn(C)nc1C(C)C. The van der Waals surface area contributed by atoms with Crippen molar-refractivity contribution in [1.82, 2.24) is 20.0 Å². The summed E-state index contributed by atoms with van der Waals surface area (Å²) in [6.45, 7) is 8.20. The van der Waals surface area contributed by atoms with E-state index in [1.54, 1.807) is 7.11 Å². The maximum atomic E-state index is 5.37. The molecule has 2 aromatic rings. The molecule has 1 unspecified atom stereocenters. The Morgan fingerprint density at radius 2 is 2.20 bits per heavy atom. The molecular formula is C23H36N6O. The summed E-state index contributed by atoms with van der Waals surface area (Å²) in [4.78, 5) is 9.12. The maximum Gasteiger partial charge on any atom is 0.193 e. The van der Waals surface area contributed by atoms with Crippen LogP contribution in [0.15, 0.2) is 35.5 Å². The molecule has 30 heavy (non-hydrogen) atoms. The second kappa shape index (κ2) is 9.87. The molecule has 1 N–H and O–H groups in total. The van der Waals surface area contributed by atoms with Crippen LogP contribution < -0.4 is 15.0 Å². The number of hydrogen-bond donors (Lipinski definition) is 1. The molecule has 1 aliphatic heterocycles. The van der Waals surface area contributed by atoms with Crippen LogP contribution in [0, 0.1) is 5.92 Å². The Labute approximate surface area is 180 Å². The van der Waals surface area contributed by atoms with Crippen molar-refractivity contribution in [3.8, 4) is 5.75 Å². The second-order valence-electron chi connectivity index (χ2n) is 8.45. The predicted molar refractivity (Wildman–Crippen MR) is 123 cm³/mol. The predicted octanol–water partition coefficient (Wildman–Crippen LogP) is 3.09. The molecule has 7 heteroatoms. The smallest absolute Gasteiger partial charge is 0.193 e. The number of benzene rings is 1. The van der Waals surface area contributed by atoms with E-state index in [1.165, 1.54) is 17.7 Å². The lowest BCUT2D eigenvalue weighted by atomic mass is 10.1. The van der Waals surface area contributed by atoms with Crippen molar-refractivity contribution in [2.45, 2.75) is 32.7 Å². The van der Waals surface area contributed by atoms with Crippen molar-refractivity contribution in [1.29, 1.82) is 0 Å². The normalized spacial score (nSPS) is 17.0. The van der Waals surface area contributed by atoms with Gasteiger partial charge in [0, 0.05) is 70.8 Å². The molecule has 0 bridgehead atoms. The molecule has 1 aliphatic rings. The number of ether oxygens (including phenoxy) is 1. The van der Waals surface area contributed by atoms with Crippen molar-refractivity contribution in [2.75, 3.05) is 45.7 Å². The lowest BCUT2D eigenvalue weighted by molar-refractivity contribution is 0.415. The minimum atomic E-state index is 0.408. The number of aryl methyl sites for hydroxylation is 1. The zero-order chi connectivity index (χ0) is 21.7. The Morgan fingerprint density at radius 3 is 2.90 bits per heavy atom. The molecule has 3 rings (SSSR count). The molecule has 1 aromatic carbocycles. The van der Waals surface area contributed by atoms with E-state index in [4.69, 9.17) is 4.74 Å². The summed E-state index contributed by atoms with van der Waals surface area (Å²) in [6.07, 6.45) is 3.28. The van der Waals surface area contributed by atoms with E-state index < -0.39 is 0 Å². The summed E-state index contributed by atoms with van der Waals surface area (Å²) in [5.41, 5.74) is 3.64. The highest BCUT2D eigenvalue weighted by molar-refractivity contribution is 5.79. The van der Waals surface area contributed by atoms with Crippen molar-refractivity contribution < 1.29 is 4.74 Å². The molecule has 2 heterocycles. The van der Waals surface area contributed by atoms with Gasteiger partial charge in [0.2, 0.25) is 0 Å². The van der Waals surface area contributed by atoms with Crippen molar-refractivity contribution in [3.05, 3.63) is 41.7 Å². The Bertz CT molecular complexity index is 859. The first-order chi connectivity index (χ1) is 14.4. The van der Waals surface area contributed by atoms with Crippen LogP contribution in [0.25, 0.3) is 0 Å². The number of guanidine groups is 1. The van der Waals surface area contributed by atoms with Crippen molar-refractivity contribution in [2.24, 2.45) is 18.0 Å². The fourth-order valence-electron chi connectivity index (χ4n) is 4.15. The molecule has 0 radical (unpaired) electrons. The Morgan fingerprint density at radius 1 is 1.40 bits per heavy atom. The second-order valence-corrected chi connectivity index (χ2v) is 8.45. The number of rotatable bonds is 7. The largest absolute Gasteiger partial charge is 0.497 e. The first-order valence-electron chi connectivity index (χ1n) is 10.7. The van der Waals surface area contributed by atoms with Gasteiger partial charge in [-0.25, -0.2) is 0 Å². The van der Waals surface area contributed by atoms with Crippen LogP contribution in [0.3, 0.4) is 0 Å². The Balaban J connectivity index is 1.54. The van der Waals surface area contributed by atoms with Crippen LogP contribution in [0.5, 0.6) is 5.75 Å². The summed E-state index contributed by atoms with van der Waals surface area (Å²) in [5, 5.41) is 8.20. The first kappa shape index (κ1) is 22.0. The van der Waals surface area contributed by atoms with Crippen molar-refractivity contribution >= 4 is 11.6 Å². The van der Waals surface area contributed by atoms with Crippen LogP contribution in [-0.2, 0) is 13.6 Å². The van der Waals surface area contributed by atoms with E-state index >= 15 is 0 Å². The van der Waals surface area contributed by atoms with Gasteiger partial charge in [-0.05, 0) is 30.4 Å². The quantitative estimate of drug-likeness (QED) is 0.559. The van der Waals surface area contributed by atoms with Gasteiger partial charge in [0.25, 0.3) is 0 Å². The molecular weight excluding hydrogens is 376 g/mol. The van der Waals surface area contributed by atoms with E-state index in [0.29, 0.717) is 11.8 Å². The van der Waals surface area contributed by atoms with Gasteiger partial charge in [-0.1, -0.05) is 19.9 Å². The van der Waals surface area contributed by atoms with Gasteiger partial charge < -0.3 is 19.9 Å². The third-order valence-electron chi connectivity index (χ3n) is 5.72. The van der Waals surface area contributed by atoms with Gasteiger partial charge in [-0.2, -0.15) is 5.10 Å². The van der Waals surface area contributed by atoms with Crippen molar-refractivity contribution in [3.63, 3.8) is 0 Å². The van der Waals surface area contributed by atoms with Gasteiger partial charge in [-0.3, -0.25) is 9.67 Å². The van der Waals surface area contributed by atoms with Crippen LogP contribution >= 0.6 is 0 Å².